The zero-order valence-electron chi connectivity index (χ0n) is 13.0. The average molecular weight is 345 g/mol. The van der Waals surface area contributed by atoms with E-state index in [1.165, 1.54) is 24.0 Å². The van der Waals surface area contributed by atoms with Crippen LogP contribution in [0, 0.1) is 5.92 Å². The lowest BCUT2D eigenvalue weighted by Crippen LogP contribution is -2.41. The van der Waals surface area contributed by atoms with Crippen molar-refractivity contribution in [3.63, 3.8) is 0 Å². The SMILES string of the molecule is CC(CN(C(=O)COc1ccccc1C(F)(F)F)C1CC1)C(=O)O. The van der Waals surface area contributed by atoms with Crippen LogP contribution >= 0.6 is 0 Å². The Morgan fingerprint density at radius 1 is 1.33 bits per heavy atom. The Bertz CT molecular complexity index is 614. The van der Waals surface area contributed by atoms with Gasteiger partial charge in [-0.3, -0.25) is 9.59 Å². The highest BCUT2D eigenvalue weighted by molar-refractivity contribution is 5.79. The number of hydrogen-bond acceptors (Lipinski definition) is 3. The number of nitrogens with zero attached hydrogens (tertiary/aromatic N) is 1. The van der Waals surface area contributed by atoms with Gasteiger partial charge in [0, 0.05) is 12.6 Å². The van der Waals surface area contributed by atoms with Crippen LogP contribution in [0.25, 0.3) is 0 Å². The Balaban J connectivity index is 2.03. The number of amides is 1. The van der Waals surface area contributed by atoms with Crippen LogP contribution < -0.4 is 4.74 Å². The van der Waals surface area contributed by atoms with Gasteiger partial charge >= 0.3 is 12.1 Å². The van der Waals surface area contributed by atoms with Crippen LogP contribution in [0.2, 0.25) is 0 Å². The molecular formula is C16H18F3NO4. The number of para-hydroxylation sites is 1. The van der Waals surface area contributed by atoms with Crippen molar-refractivity contribution in [3.8, 4) is 5.75 Å². The van der Waals surface area contributed by atoms with Gasteiger partial charge in [-0.25, -0.2) is 0 Å². The van der Waals surface area contributed by atoms with Crippen LogP contribution in [-0.2, 0) is 15.8 Å². The molecule has 0 spiro atoms. The van der Waals surface area contributed by atoms with E-state index in [2.05, 4.69) is 0 Å². The van der Waals surface area contributed by atoms with Crippen molar-refractivity contribution in [2.24, 2.45) is 5.92 Å². The third-order valence-electron chi connectivity index (χ3n) is 3.74. The first-order valence-corrected chi connectivity index (χ1v) is 7.51. The maximum atomic E-state index is 12.9. The van der Waals surface area contributed by atoms with Crippen molar-refractivity contribution in [3.05, 3.63) is 29.8 Å². The number of carboxylic acid groups (broad SMARTS) is 1. The Labute approximate surface area is 137 Å². The van der Waals surface area contributed by atoms with Crippen molar-refractivity contribution >= 4 is 11.9 Å². The van der Waals surface area contributed by atoms with Crippen LogP contribution in [-0.4, -0.2) is 41.1 Å². The number of alkyl halides is 3. The molecule has 1 fully saturated rings. The Kier molecular flexibility index (Phi) is 5.36. The van der Waals surface area contributed by atoms with Gasteiger partial charge in [-0.15, -0.1) is 0 Å². The summed E-state index contributed by atoms with van der Waals surface area (Å²) in [7, 11) is 0. The number of ether oxygens (including phenoxy) is 1. The predicted octanol–water partition coefficient (Wildman–Crippen LogP) is 2.80. The largest absolute Gasteiger partial charge is 0.483 e. The van der Waals surface area contributed by atoms with Crippen LogP contribution in [0.5, 0.6) is 5.75 Å². The maximum absolute atomic E-state index is 12.9. The van der Waals surface area contributed by atoms with E-state index in [9.17, 15) is 22.8 Å². The molecule has 132 valence electrons. The molecule has 5 nitrogen and oxygen atoms in total. The third-order valence-corrected chi connectivity index (χ3v) is 3.74. The number of hydrogen-bond donors (Lipinski definition) is 1. The first-order valence-electron chi connectivity index (χ1n) is 7.51. The fourth-order valence-corrected chi connectivity index (χ4v) is 2.26. The molecule has 0 heterocycles. The average Bonchev–Trinajstić information content (AvgIpc) is 3.33. The molecule has 0 aromatic heterocycles. The molecule has 1 aliphatic rings. The molecule has 1 atom stereocenters. The van der Waals surface area contributed by atoms with E-state index in [1.807, 2.05) is 0 Å². The molecule has 1 aromatic carbocycles. The van der Waals surface area contributed by atoms with Crippen molar-refractivity contribution < 1.29 is 32.6 Å². The minimum atomic E-state index is -4.58. The first-order chi connectivity index (χ1) is 11.2. The molecule has 1 aliphatic carbocycles. The van der Waals surface area contributed by atoms with Crippen molar-refractivity contribution in [2.75, 3.05) is 13.2 Å². The Morgan fingerprint density at radius 3 is 2.50 bits per heavy atom. The quantitative estimate of drug-likeness (QED) is 0.825. The third kappa shape index (κ3) is 4.62. The number of halogens is 3. The van der Waals surface area contributed by atoms with Gasteiger partial charge in [0.05, 0.1) is 11.5 Å². The number of aliphatic carboxylic acids is 1. The summed E-state index contributed by atoms with van der Waals surface area (Å²) in [6, 6.07) is 4.60. The highest BCUT2D eigenvalue weighted by Gasteiger charge is 2.36. The van der Waals surface area contributed by atoms with Gasteiger partial charge in [0.1, 0.15) is 5.75 Å². The fourth-order valence-electron chi connectivity index (χ4n) is 2.26. The van der Waals surface area contributed by atoms with E-state index in [0.29, 0.717) is 0 Å². The normalized spacial score (nSPS) is 15.7. The fraction of sp³-hybridized carbons (Fsp3) is 0.500. The summed E-state index contributed by atoms with van der Waals surface area (Å²) < 4.78 is 43.7. The van der Waals surface area contributed by atoms with Crippen LogP contribution in [0.1, 0.15) is 25.3 Å². The minimum absolute atomic E-state index is 0.0170. The summed E-state index contributed by atoms with van der Waals surface area (Å²) in [4.78, 5) is 24.6. The van der Waals surface area contributed by atoms with E-state index in [0.717, 1.165) is 25.0 Å². The number of rotatable bonds is 7. The minimum Gasteiger partial charge on any atom is -0.483 e. The van der Waals surface area contributed by atoms with Gasteiger partial charge in [0.2, 0.25) is 0 Å². The van der Waals surface area contributed by atoms with Gasteiger partial charge in [-0.2, -0.15) is 13.2 Å². The molecule has 0 bridgehead atoms. The van der Waals surface area contributed by atoms with E-state index in [1.54, 1.807) is 0 Å². The monoisotopic (exact) mass is 345 g/mol. The molecule has 1 amide bonds. The number of carbonyl (C=O) groups excluding carboxylic acids is 1. The molecule has 1 aromatic rings. The number of carbonyl (C=O) groups is 2. The standard InChI is InChI=1S/C16H18F3NO4/c1-10(15(22)23)8-20(11-6-7-11)14(21)9-24-13-5-3-2-4-12(13)16(17,18)19/h2-5,10-11H,6-9H2,1H3,(H,22,23). The number of benzene rings is 1. The first kappa shape index (κ1) is 18.1. The second-order valence-corrected chi connectivity index (χ2v) is 5.80. The molecule has 24 heavy (non-hydrogen) atoms. The molecule has 0 radical (unpaired) electrons. The summed E-state index contributed by atoms with van der Waals surface area (Å²) >= 11 is 0. The zero-order chi connectivity index (χ0) is 17.9. The molecular weight excluding hydrogens is 327 g/mol. The van der Waals surface area contributed by atoms with Crippen LogP contribution in [0.15, 0.2) is 24.3 Å². The molecule has 0 aliphatic heterocycles. The second-order valence-electron chi connectivity index (χ2n) is 5.80. The van der Waals surface area contributed by atoms with Crippen molar-refractivity contribution in [1.82, 2.24) is 4.90 Å². The molecule has 2 rings (SSSR count). The molecule has 1 saturated carbocycles. The Morgan fingerprint density at radius 2 is 1.96 bits per heavy atom. The van der Waals surface area contributed by atoms with E-state index >= 15 is 0 Å². The number of carboxylic acids is 1. The molecule has 1 N–H and O–H groups in total. The summed E-state index contributed by atoms with van der Waals surface area (Å²) in [5.41, 5.74) is -0.949. The zero-order valence-corrected chi connectivity index (χ0v) is 13.0. The lowest BCUT2D eigenvalue weighted by atomic mass is 10.1. The van der Waals surface area contributed by atoms with E-state index < -0.39 is 41.9 Å². The van der Waals surface area contributed by atoms with Crippen molar-refractivity contribution in [2.45, 2.75) is 32.0 Å². The highest BCUT2D eigenvalue weighted by Crippen LogP contribution is 2.36. The van der Waals surface area contributed by atoms with Gasteiger partial charge in [0.25, 0.3) is 5.91 Å². The summed E-state index contributed by atoms with van der Waals surface area (Å²) in [6.07, 6.45) is -3.05. The topological polar surface area (TPSA) is 66.8 Å². The smallest absolute Gasteiger partial charge is 0.419 e. The summed E-state index contributed by atoms with van der Waals surface area (Å²) in [6.45, 7) is 0.934. The van der Waals surface area contributed by atoms with Gasteiger partial charge in [-0.05, 0) is 25.0 Å². The summed E-state index contributed by atoms with van der Waals surface area (Å²) in [5.74, 6) is -2.71. The maximum Gasteiger partial charge on any atom is 0.419 e. The summed E-state index contributed by atoms with van der Waals surface area (Å²) in [5, 5.41) is 8.95. The molecule has 1 unspecified atom stereocenters. The van der Waals surface area contributed by atoms with Crippen molar-refractivity contribution in [1.29, 1.82) is 0 Å². The second kappa shape index (κ2) is 7.11. The van der Waals surface area contributed by atoms with Crippen LogP contribution in [0.4, 0.5) is 13.2 Å². The van der Waals surface area contributed by atoms with Gasteiger partial charge < -0.3 is 14.7 Å². The van der Waals surface area contributed by atoms with E-state index in [-0.39, 0.29) is 12.6 Å². The molecule has 0 saturated heterocycles. The highest BCUT2D eigenvalue weighted by atomic mass is 19.4. The lowest BCUT2D eigenvalue weighted by Gasteiger charge is -2.24. The lowest BCUT2D eigenvalue weighted by molar-refractivity contribution is -0.145. The van der Waals surface area contributed by atoms with E-state index in [4.69, 9.17) is 9.84 Å². The predicted molar refractivity (Wildman–Crippen MR) is 78.5 cm³/mol. The van der Waals surface area contributed by atoms with Crippen LogP contribution in [0.3, 0.4) is 0 Å². The Hall–Kier alpha value is -2.25. The van der Waals surface area contributed by atoms with Gasteiger partial charge in [-0.1, -0.05) is 19.1 Å². The van der Waals surface area contributed by atoms with Gasteiger partial charge in [0.15, 0.2) is 6.61 Å². The molecule has 8 heteroatoms.